The number of benzene rings is 2. The SMILES string of the molecule is CNC(=O)c1cccc(NC(=O)/C=C/c2ccc(Cl)c(C(F)(F)F)c2)c1. The van der Waals surface area contributed by atoms with Gasteiger partial charge in [0, 0.05) is 24.4 Å². The van der Waals surface area contributed by atoms with Gasteiger partial charge in [-0.05, 0) is 42.0 Å². The van der Waals surface area contributed by atoms with Gasteiger partial charge in [0.15, 0.2) is 0 Å². The highest BCUT2D eigenvalue weighted by atomic mass is 35.5. The number of halogens is 4. The van der Waals surface area contributed by atoms with Crippen molar-refractivity contribution in [3.05, 3.63) is 70.3 Å². The van der Waals surface area contributed by atoms with Gasteiger partial charge in [0.1, 0.15) is 0 Å². The van der Waals surface area contributed by atoms with Gasteiger partial charge in [0.05, 0.1) is 10.6 Å². The second kappa shape index (κ2) is 8.05. The summed E-state index contributed by atoms with van der Waals surface area (Å²) in [6.45, 7) is 0. The summed E-state index contributed by atoms with van der Waals surface area (Å²) in [6, 6.07) is 9.59. The number of carbonyl (C=O) groups excluding carboxylic acids is 2. The largest absolute Gasteiger partial charge is 0.417 e. The number of alkyl halides is 3. The molecule has 0 fully saturated rings. The minimum absolute atomic E-state index is 0.177. The second-order valence-electron chi connectivity index (χ2n) is 5.22. The molecule has 0 atom stereocenters. The Hall–Kier alpha value is -2.80. The zero-order chi connectivity index (χ0) is 19.3. The first-order valence-corrected chi connectivity index (χ1v) is 7.76. The normalized spacial score (nSPS) is 11.4. The fourth-order valence-corrected chi connectivity index (χ4v) is 2.33. The molecule has 4 nitrogen and oxygen atoms in total. The topological polar surface area (TPSA) is 58.2 Å². The fourth-order valence-electron chi connectivity index (χ4n) is 2.10. The second-order valence-corrected chi connectivity index (χ2v) is 5.63. The summed E-state index contributed by atoms with van der Waals surface area (Å²) in [6.07, 6.45) is -2.25. The fraction of sp³-hybridized carbons (Fsp3) is 0.111. The quantitative estimate of drug-likeness (QED) is 0.771. The van der Waals surface area contributed by atoms with E-state index in [2.05, 4.69) is 10.6 Å². The lowest BCUT2D eigenvalue weighted by molar-refractivity contribution is -0.137. The Kier molecular flexibility index (Phi) is 6.05. The molecule has 0 heterocycles. The van der Waals surface area contributed by atoms with Gasteiger partial charge in [0.25, 0.3) is 5.91 Å². The summed E-state index contributed by atoms with van der Waals surface area (Å²) in [4.78, 5) is 23.5. The van der Waals surface area contributed by atoms with Crippen LogP contribution in [-0.2, 0) is 11.0 Å². The molecule has 0 saturated carbocycles. The Morgan fingerprint density at radius 1 is 1.12 bits per heavy atom. The molecule has 26 heavy (non-hydrogen) atoms. The van der Waals surface area contributed by atoms with Gasteiger partial charge < -0.3 is 10.6 Å². The van der Waals surface area contributed by atoms with Crippen LogP contribution in [0.5, 0.6) is 0 Å². The van der Waals surface area contributed by atoms with Gasteiger partial charge in [-0.25, -0.2) is 0 Å². The van der Waals surface area contributed by atoms with Crippen molar-refractivity contribution in [2.24, 2.45) is 0 Å². The molecule has 0 radical (unpaired) electrons. The first-order valence-electron chi connectivity index (χ1n) is 7.38. The number of amides is 2. The molecular weight excluding hydrogens is 369 g/mol. The molecule has 136 valence electrons. The molecule has 8 heteroatoms. The van der Waals surface area contributed by atoms with E-state index in [4.69, 9.17) is 11.6 Å². The van der Waals surface area contributed by atoms with Crippen molar-refractivity contribution in [3.8, 4) is 0 Å². The Bertz CT molecular complexity index is 864. The molecule has 2 amide bonds. The molecule has 2 N–H and O–H groups in total. The predicted octanol–water partition coefficient (Wildman–Crippen LogP) is 4.37. The zero-order valence-electron chi connectivity index (χ0n) is 13.5. The van der Waals surface area contributed by atoms with Crippen LogP contribution < -0.4 is 10.6 Å². The summed E-state index contributed by atoms with van der Waals surface area (Å²) >= 11 is 5.55. The third-order valence-electron chi connectivity index (χ3n) is 3.34. The lowest BCUT2D eigenvalue weighted by Crippen LogP contribution is -2.18. The predicted molar refractivity (Wildman–Crippen MR) is 93.9 cm³/mol. The number of rotatable bonds is 4. The molecule has 0 aliphatic heterocycles. The Labute approximate surface area is 152 Å². The molecule has 2 rings (SSSR count). The summed E-state index contributed by atoms with van der Waals surface area (Å²) in [7, 11) is 1.48. The van der Waals surface area contributed by atoms with E-state index in [1.165, 1.54) is 25.3 Å². The van der Waals surface area contributed by atoms with E-state index in [0.29, 0.717) is 11.3 Å². The Morgan fingerprint density at radius 3 is 2.50 bits per heavy atom. The van der Waals surface area contributed by atoms with Gasteiger partial charge in [0.2, 0.25) is 5.91 Å². The van der Waals surface area contributed by atoms with Crippen LogP contribution in [0.2, 0.25) is 5.02 Å². The van der Waals surface area contributed by atoms with E-state index >= 15 is 0 Å². The van der Waals surface area contributed by atoms with Crippen molar-refractivity contribution < 1.29 is 22.8 Å². The standard InChI is InChI=1S/C18H14ClF3N2O2/c1-23-17(26)12-3-2-4-13(10-12)24-16(25)8-6-11-5-7-15(19)14(9-11)18(20,21)22/h2-10H,1H3,(H,23,26)(H,24,25)/b8-6+. The minimum Gasteiger partial charge on any atom is -0.355 e. The van der Waals surface area contributed by atoms with Crippen LogP contribution in [-0.4, -0.2) is 18.9 Å². The number of nitrogens with one attached hydrogen (secondary N) is 2. The van der Waals surface area contributed by atoms with Gasteiger partial charge in [-0.2, -0.15) is 13.2 Å². The molecule has 0 aliphatic rings. The van der Waals surface area contributed by atoms with E-state index in [1.807, 2.05) is 0 Å². The van der Waals surface area contributed by atoms with Crippen LogP contribution >= 0.6 is 11.6 Å². The molecule has 0 spiro atoms. The lowest BCUT2D eigenvalue weighted by Gasteiger charge is -2.09. The van der Waals surface area contributed by atoms with Crippen LogP contribution in [0.3, 0.4) is 0 Å². The van der Waals surface area contributed by atoms with Crippen molar-refractivity contribution in [1.82, 2.24) is 5.32 Å². The highest BCUT2D eigenvalue weighted by Gasteiger charge is 2.33. The van der Waals surface area contributed by atoms with E-state index in [-0.39, 0.29) is 11.5 Å². The van der Waals surface area contributed by atoms with E-state index < -0.39 is 22.7 Å². The number of hydrogen-bond acceptors (Lipinski definition) is 2. The van der Waals surface area contributed by atoms with Gasteiger partial charge in [-0.3, -0.25) is 9.59 Å². The van der Waals surface area contributed by atoms with Crippen LogP contribution in [0, 0.1) is 0 Å². The van der Waals surface area contributed by atoms with Crippen molar-refractivity contribution >= 4 is 35.2 Å². The van der Waals surface area contributed by atoms with Crippen LogP contribution in [0.15, 0.2) is 48.5 Å². The molecule has 0 aromatic heterocycles. The van der Waals surface area contributed by atoms with Crippen LogP contribution in [0.4, 0.5) is 18.9 Å². The summed E-state index contributed by atoms with van der Waals surface area (Å²) < 4.78 is 38.5. The van der Waals surface area contributed by atoms with E-state index in [9.17, 15) is 22.8 Å². The highest BCUT2D eigenvalue weighted by Crippen LogP contribution is 2.35. The summed E-state index contributed by atoms with van der Waals surface area (Å²) in [5.74, 6) is -0.861. The molecule has 0 bridgehead atoms. The number of anilines is 1. The molecule has 2 aromatic rings. The number of carbonyl (C=O) groups is 2. The first kappa shape index (κ1) is 19.5. The maximum atomic E-state index is 12.8. The molecular formula is C18H14ClF3N2O2. The van der Waals surface area contributed by atoms with Crippen LogP contribution in [0.1, 0.15) is 21.5 Å². The molecule has 2 aromatic carbocycles. The first-order chi connectivity index (χ1) is 12.2. The Morgan fingerprint density at radius 2 is 1.85 bits per heavy atom. The third-order valence-corrected chi connectivity index (χ3v) is 3.67. The highest BCUT2D eigenvalue weighted by molar-refractivity contribution is 6.31. The maximum absolute atomic E-state index is 12.8. The summed E-state index contributed by atoms with van der Waals surface area (Å²) in [5, 5.41) is 4.58. The minimum atomic E-state index is -4.58. The number of hydrogen-bond donors (Lipinski definition) is 2. The van der Waals surface area contributed by atoms with Crippen molar-refractivity contribution in [3.63, 3.8) is 0 Å². The average Bonchev–Trinajstić information content (AvgIpc) is 2.59. The average molecular weight is 383 g/mol. The smallest absolute Gasteiger partial charge is 0.355 e. The molecule has 0 aliphatic carbocycles. The third kappa shape index (κ3) is 5.10. The Balaban J connectivity index is 2.12. The van der Waals surface area contributed by atoms with Crippen molar-refractivity contribution in [2.45, 2.75) is 6.18 Å². The molecule has 0 unspecified atom stereocenters. The lowest BCUT2D eigenvalue weighted by atomic mass is 10.1. The molecule has 0 saturated heterocycles. The van der Waals surface area contributed by atoms with E-state index in [0.717, 1.165) is 18.2 Å². The van der Waals surface area contributed by atoms with Crippen molar-refractivity contribution in [2.75, 3.05) is 12.4 Å². The van der Waals surface area contributed by atoms with Crippen molar-refractivity contribution in [1.29, 1.82) is 0 Å². The monoisotopic (exact) mass is 382 g/mol. The summed E-state index contributed by atoms with van der Waals surface area (Å²) in [5.41, 5.74) is -0.0503. The van der Waals surface area contributed by atoms with Gasteiger partial charge in [-0.15, -0.1) is 0 Å². The zero-order valence-corrected chi connectivity index (χ0v) is 14.3. The van der Waals surface area contributed by atoms with E-state index in [1.54, 1.807) is 18.2 Å². The maximum Gasteiger partial charge on any atom is 0.417 e. The van der Waals surface area contributed by atoms with Gasteiger partial charge >= 0.3 is 6.18 Å². The van der Waals surface area contributed by atoms with Gasteiger partial charge in [-0.1, -0.05) is 23.7 Å². The van der Waals surface area contributed by atoms with Crippen LogP contribution in [0.25, 0.3) is 6.08 Å².